The minimum atomic E-state index is -0.839. The van der Waals surface area contributed by atoms with Crippen molar-refractivity contribution >= 4 is 17.7 Å². The van der Waals surface area contributed by atoms with Gasteiger partial charge in [0.05, 0.1) is 12.8 Å². The summed E-state index contributed by atoms with van der Waals surface area (Å²) >= 11 is 0. The van der Waals surface area contributed by atoms with E-state index in [9.17, 15) is 9.59 Å². The molecule has 142 valence electrons. The van der Waals surface area contributed by atoms with Crippen molar-refractivity contribution in [2.75, 3.05) is 5.32 Å². The van der Waals surface area contributed by atoms with Crippen LogP contribution in [0.25, 0.3) is 11.1 Å². The quantitative estimate of drug-likeness (QED) is 0.586. The number of hydrogen-bond acceptors (Lipinski definition) is 3. The topological polar surface area (TPSA) is 95.1 Å². The summed E-state index contributed by atoms with van der Waals surface area (Å²) in [4.78, 5) is 23.0. The Kier molecular flexibility index (Phi) is 4.93. The lowest BCUT2D eigenvalue weighted by atomic mass is 10.0. The average Bonchev–Trinajstić information content (AvgIpc) is 3.42. The van der Waals surface area contributed by atoms with Crippen LogP contribution < -0.4 is 5.32 Å². The molecule has 1 fully saturated rings. The van der Waals surface area contributed by atoms with Crippen LogP contribution in [-0.2, 0) is 22.4 Å². The summed E-state index contributed by atoms with van der Waals surface area (Å²) in [6.45, 7) is 0. The average molecular weight is 375 g/mol. The van der Waals surface area contributed by atoms with Gasteiger partial charge in [-0.15, -0.1) is 0 Å². The number of aromatic amines is 1. The molecule has 0 spiro atoms. The molecule has 6 nitrogen and oxygen atoms in total. The van der Waals surface area contributed by atoms with E-state index < -0.39 is 5.97 Å². The Balaban J connectivity index is 1.35. The second kappa shape index (κ2) is 7.68. The van der Waals surface area contributed by atoms with Crippen molar-refractivity contribution in [3.8, 4) is 11.1 Å². The normalized spacial score (nSPS) is 13.3. The van der Waals surface area contributed by atoms with Gasteiger partial charge in [0, 0.05) is 17.7 Å². The molecule has 1 aliphatic rings. The second-order valence-electron chi connectivity index (χ2n) is 7.17. The number of carboxylic acid groups (broad SMARTS) is 1. The van der Waals surface area contributed by atoms with Gasteiger partial charge in [-0.05, 0) is 35.1 Å². The molecule has 1 amide bonds. The van der Waals surface area contributed by atoms with Gasteiger partial charge in [0.1, 0.15) is 0 Å². The summed E-state index contributed by atoms with van der Waals surface area (Å²) in [5, 5.41) is 18.8. The molecule has 1 aliphatic carbocycles. The lowest BCUT2D eigenvalue weighted by Gasteiger charge is -2.06. The SMILES string of the molecule is O=C(O)Cc1ccc(-c2ccc(CC(=O)Nc3cc(C4CC4)[nH]n3)cc2)cc1. The van der Waals surface area contributed by atoms with Crippen molar-refractivity contribution in [2.45, 2.75) is 31.6 Å². The first-order valence-electron chi connectivity index (χ1n) is 9.32. The minimum absolute atomic E-state index is 0.0203. The van der Waals surface area contributed by atoms with E-state index in [-0.39, 0.29) is 18.7 Å². The van der Waals surface area contributed by atoms with Gasteiger partial charge in [0.2, 0.25) is 5.91 Å². The van der Waals surface area contributed by atoms with E-state index in [0.717, 1.165) is 27.9 Å². The van der Waals surface area contributed by atoms with Crippen molar-refractivity contribution in [1.29, 1.82) is 0 Å². The van der Waals surface area contributed by atoms with Gasteiger partial charge in [0.25, 0.3) is 0 Å². The van der Waals surface area contributed by atoms with E-state index >= 15 is 0 Å². The van der Waals surface area contributed by atoms with E-state index in [1.54, 1.807) is 0 Å². The number of anilines is 1. The van der Waals surface area contributed by atoms with Crippen LogP contribution in [0.15, 0.2) is 54.6 Å². The number of benzene rings is 2. The predicted octanol–water partition coefficient (Wildman–Crippen LogP) is 3.76. The molecule has 28 heavy (non-hydrogen) atoms. The summed E-state index contributed by atoms with van der Waals surface area (Å²) < 4.78 is 0. The standard InChI is InChI=1S/C22H21N3O3/c26-21(23-20-13-19(24-25-20)18-9-10-18)11-14-1-5-16(6-2-14)17-7-3-15(4-8-17)12-22(27)28/h1-8,13,18H,9-12H2,(H,27,28)(H2,23,24,25,26). The van der Waals surface area contributed by atoms with Crippen molar-refractivity contribution in [2.24, 2.45) is 0 Å². The van der Waals surface area contributed by atoms with Crippen LogP contribution in [0.2, 0.25) is 0 Å². The molecule has 0 saturated heterocycles. The van der Waals surface area contributed by atoms with Crippen LogP contribution in [0.1, 0.15) is 35.6 Å². The first-order chi connectivity index (χ1) is 13.6. The predicted molar refractivity (Wildman–Crippen MR) is 106 cm³/mol. The number of nitrogens with zero attached hydrogens (tertiary/aromatic N) is 1. The fourth-order valence-corrected chi connectivity index (χ4v) is 3.18. The lowest BCUT2D eigenvalue weighted by molar-refractivity contribution is -0.136. The molecule has 1 saturated carbocycles. The molecule has 0 radical (unpaired) electrons. The molecule has 6 heteroatoms. The van der Waals surface area contributed by atoms with Gasteiger partial charge in [-0.3, -0.25) is 14.7 Å². The molecule has 4 rings (SSSR count). The van der Waals surface area contributed by atoms with Crippen LogP contribution in [0.4, 0.5) is 5.82 Å². The highest BCUT2D eigenvalue weighted by Gasteiger charge is 2.25. The third-order valence-electron chi connectivity index (χ3n) is 4.84. The van der Waals surface area contributed by atoms with Crippen LogP contribution >= 0.6 is 0 Å². The van der Waals surface area contributed by atoms with E-state index in [0.29, 0.717) is 11.7 Å². The molecular weight excluding hydrogens is 354 g/mol. The van der Waals surface area contributed by atoms with Gasteiger partial charge < -0.3 is 10.4 Å². The number of amides is 1. The van der Waals surface area contributed by atoms with Crippen LogP contribution in [0.3, 0.4) is 0 Å². The Morgan fingerprint density at radius 3 is 2.07 bits per heavy atom. The maximum absolute atomic E-state index is 12.2. The Hall–Kier alpha value is -3.41. The number of H-pyrrole nitrogens is 1. The lowest BCUT2D eigenvalue weighted by Crippen LogP contribution is -2.14. The number of aliphatic carboxylic acids is 1. The third-order valence-corrected chi connectivity index (χ3v) is 4.84. The van der Waals surface area contributed by atoms with Crippen molar-refractivity contribution < 1.29 is 14.7 Å². The van der Waals surface area contributed by atoms with Gasteiger partial charge in [-0.2, -0.15) is 5.10 Å². The van der Waals surface area contributed by atoms with Crippen molar-refractivity contribution in [3.63, 3.8) is 0 Å². The Morgan fingerprint density at radius 1 is 0.964 bits per heavy atom. The van der Waals surface area contributed by atoms with E-state index in [1.165, 1.54) is 12.8 Å². The van der Waals surface area contributed by atoms with E-state index in [2.05, 4.69) is 15.5 Å². The third kappa shape index (κ3) is 4.46. The van der Waals surface area contributed by atoms with Crippen molar-refractivity contribution in [3.05, 3.63) is 71.4 Å². The molecule has 3 N–H and O–H groups in total. The van der Waals surface area contributed by atoms with Crippen LogP contribution in [-0.4, -0.2) is 27.2 Å². The van der Waals surface area contributed by atoms with Gasteiger partial charge in [-0.1, -0.05) is 48.5 Å². The highest BCUT2D eigenvalue weighted by molar-refractivity contribution is 5.91. The maximum atomic E-state index is 12.2. The van der Waals surface area contributed by atoms with Gasteiger partial charge in [0.15, 0.2) is 5.82 Å². The number of carboxylic acids is 1. The van der Waals surface area contributed by atoms with Gasteiger partial charge >= 0.3 is 5.97 Å². The molecule has 1 heterocycles. The first kappa shape index (κ1) is 18.0. The number of carbonyl (C=O) groups excluding carboxylic acids is 1. The molecule has 3 aromatic rings. The smallest absolute Gasteiger partial charge is 0.307 e. The maximum Gasteiger partial charge on any atom is 0.307 e. The number of aromatic nitrogens is 2. The Bertz CT molecular complexity index is 987. The Morgan fingerprint density at radius 2 is 1.54 bits per heavy atom. The number of carbonyl (C=O) groups is 2. The summed E-state index contributed by atoms with van der Waals surface area (Å²) in [6, 6.07) is 17.2. The molecule has 0 atom stereocenters. The number of rotatable bonds is 7. The molecule has 0 bridgehead atoms. The summed E-state index contributed by atoms with van der Waals surface area (Å²) in [5.74, 6) is 0.211. The molecule has 1 aromatic heterocycles. The van der Waals surface area contributed by atoms with E-state index in [1.807, 2.05) is 54.6 Å². The highest BCUT2D eigenvalue weighted by atomic mass is 16.4. The largest absolute Gasteiger partial charge is 0.481 e. The Labute approximate surface area is 162 Å². The zero-order valence-electron chi connectivity index (χ0n) is 15.3. The summed E-state index contributed by atoms with van der Waals surface area (Å²) in [5.41, 5.74) is 4.81. The number of nitrogens with one attached hydrogen (secondary N) is 2. The first-order valence-corrected chi connectivity index (χ1v) is 9.32. The van der Waals surface area contributed by atoms with Crippen molar-refractivity contribution in [1.82, 2.24) is 10.2 Å². The molecule has 0 unspecified atom stereocenters. The molecule has 2 aromatic carbocycles. The number of hydrogen-bond donors (Lipinski definition) is 3. The fourth-order valence-electron chi connectivity index (χ4n) is 3.18. The monoisotopic (exact) mass is 375 g/mol. The fraction of sp³-hybridized carbons (Fsp3) is 0.227. The zero-order chi connectivity index (χ0) is 19.5. The van der Waals surface area contributed by atoms with Crippen LogP contribution in [0.5, 0.6) is 0 Å². The van der Waals surface area contributed by atoms with Crippen LogP contribution in [0, 0.1) is 0 Å². The minimum Gasteiger partial charge on any atom is -0.481 e. The summed E-state index contributed by atoms with van der Waals surface area (Å²) in [6.07, 6.45) is 2.67. The summed E-state index contributed by atoms with van der Waals surface area (Å²) in [7, 11) is 0. The zero-order valence-corrected chi connectivity index (χ0v) is 15.3. The second-order valence-corrected chi connectivity index (χ2v) is 7.17. The van der Waals surface area contributed by atoms with Gasteiger partial charge in [-0.25, -0.2) is 0 Å². The highest BCUT2D eigenvalue weighted by Crippen LogP contribution is 2.39. The van der Waals surface area contributed by atoms with E-state index in [4.69, 9.17) is 5.11 Å². The molecular formula is C22H21N3O3. The molecule has 0 aliphatic heterocycles.